The van der Waals surface area contributed by atoms with Gasteiger partial charge in [0.2, 0.25) is 5.88 Å². The van der Waals surface area contributed by atoms with Gasteiger partial charge in [-0.2, -0.15) is 0 Å². The van der Waals surface area contributed by atoms with E-state index in [4.69, 9.17) is 4.74 Å². The summed E-state index contributed by atoms with van der Waals surface area (Å²) < 4.78 is 18.5. The number of ether oxygens (including phenoxy) is 1. The van der Waals surface area contributed by atoms with Gasteiger partial charge >= 0.3 is 5.91 Å². The number of carbonyl (C=O) groups excluding carboxylic acids is 1. The second kappa shape index (κ2) is 7.12. The largest absolute Gasteiger partial charge is 0.493 e. The molecule has 0 spiro atoms. The first-order chi connectivity index (χ1) is 12.1. The smallest absolute Gasteiger partial charge is 0.302 e. The minimum absolute atomic E-state index is 0.0793. The first-order valence-corrected chi connectivity index (χ1v) is 7.73. The molecule has 6 nitrogen and oxygen atoms in total. The van der Waals surface area contributed by atoms with Crippen molar-refractivity contribution in [2.75, 3.05) is 6.61 Å². The Morgan fingerprint density at radius 2 is 2.00 bits per heavy atom. The molecule has 0 saturated carbocycles. The number of rotatable bonds is 5. The van der Waals surface area contributed by atoms with Gasteiger partial charge in [-0.3, -0.25) is 4.79 Å². The summed E-state index contributed by atoms with van der Waals surface area (Å²) in [6.07, 6.45) is 0.922. The molecule has 1 amide bonds. The van der Waals surface area contributed by atoms with Gasteiger partial charge in [-0.1, -0.05) is 19.1 Å². The predicted octanol–water partition coefficient (Wildman–Crippen LogP) is 4.26. The van der Waals surface area contributed by atoms with Crippen molar-refractivity contribution < 1.29 is 19.0 Å². The molecule has 0 saturated heterocycles. The second-order valence-corrected chi connectivity index (χ2v) is 5.39. The molecule has 2 N–H and O–H groups in total. The number of nitrogens with zero attached hydrogens (tertiary/aromatic N) is 2. The molecule has 0 radical (unpaired) electrons. The standard InChI is InChI=1S/C18H16FN3O3/c1-2-11-3-6-13(7-4-11)25-10-16(23)21-22-17-14-8-5-12(19)9-15(14)20-18(17)24/h3-9,20,24H,2,10H2,1H3. The van der Waals surface area contributed by atoms with Crippen molar-refractivity contribution in [2.45, 2.75) is 13.3 Å². The van der Waals surface area contributed by atoms with Gasteiger partial charge in [-0.05, 0) is 42.3 Å². The predicted molar refractivity (Wildman–Crippen MR) is 90.8 cm³/mol. The summed E-state index contributed by atoms with van der Waals surface area (Å²) in [7, 11) is 0. The number of aromatic nitrogens is 1. The number of aromatic hydroxyl groups is 1. The Kier molecular flexibility index (Phi) is 4.74. The molecular formula is C18H16FN3O3. The van der Waals surface area contributed by atoms with Crippen molar-refractivity contribution in [1.82, 2.24) is 4.98 Å². The highest BCUT2D eigenvalue weighted by atomic mass is 19.1. The molecule has 128 valence electrons. The SMILES string of the molecule is CCc1ccc(OCC(=O)N=Nc2c(O)[nH]c3cc(F)ccc23)cc1. The van der Waals surface area contributed by atoms with Crippen molar-refractivity contribution in [2.24, 2.45) is 10.2 Å². The Labute approximate surface area is 143 Å². The number of hydrogen-bond donors (Lipinski definition) is 2. The van der Waals surface area contributed by atoms with Gasteiger partial charge in [0.25, 0.3) is 0 Å². The number of halogens is 1. The van der Waals surface area contributed by atoms with E-state index in [0.29, 0.717) is 16.7 Å². The van der Waals surface area contributed by atoms with Gasteiger partial charge in [0.05, 0.1) is 5.52 Å². The Hall–Kier alpha value is -3.22. The third-order valence-corrected chi connectivity index (χ3v) is 3.67. The van der Waals surface area contributed by atoms with Crippen LogP contribution < -0.4 is 4.74 Å². The normalized spacial score (nSPS) is 11.3. The van der Waals surface area contributed by atoms with Crippen LogP contribution in [0.25, 0.3) is 10.9 Å². The van der Waals surface area contributed by atoms with Gasteiger partial charge in [0.1, 0.15) is 11.6 Å². The van der Waals surface area contributed by atoms with E-state index < -0.39 is 11.7 Å². The van der Waals surface area contributed by atoms with E-state index in [2.05, 4.69) is 15.2 Å². The number of hydrogen-bond acceptors (Lipinski definition) is 4. The van der Waals surface area contributed by atoms with E-state index in [1.54, 1.807) is 12.1 Å². The average molecular weight is 341 g/mol. The monoisotopic (exact) mass is 341 g/mol. The van der Waals surface area contributed by atoms with Crippen LogP contribution in [-0.4, -0.2) is 22.6 Å². The van der Waals surface area contributed by atoms with Crippen molar-refractivity contribution in [3.63, 3.8) is 0 Å². The highest BCUT2D eigenvalue weighted by Crippen LogP contribution is 2.35. The summed E-state index contributed by atoms with van der Waals surface area (Å²) in [4.78, 5) is 14.4. The molecule has 0 aliphatic rings. The summed E-state index contributed by atoms with van der Waals surface area (Å²) in [5.41, 5.74) is 1.62. The van der Waals surface area contributed by atoms with Crippen LogP contribution in [-0.2, 0) is 11.2 Å². The number of fused-ring (bicyclic) bond motifs is 1. The Balaban J connectivity index is 1.67. The topological polar surface area (TPSA) is 87.0 Å². The summed E-state index contributed by atoms with van der Waals surface area (Å²) in [5, 5.41) is 17.6. The molecule has 0 bridgehead atoms. The van der Waals surface area contributed by atoms with Crippen LogP contribution in [0.5, 0.6) is 11.6 Å². The summed E-state index contributed by atoms with van der Waals surface area (Å²) in [6.45, 7) is 1.78. The zero-order valence-corrected chi connectivity index (χ0v) is 13.5. The van der Waals surface area contributed by atoms with Crippen molar-refractivity contribution in [3.8, 4) is 11.6 Å². The fourth-order valence-corrected chi connectivity index (χ4v) is 2.34. The van der Waals surface area contributed by atoms with E-state index in [1.807, 2.05) is 19.1 Å². The average Bonchev–Trinajstić information content (AvgIpc) is 2.92. The number of H-pyrrole nitrogens is 1. The molecule has 3 aromatic rings. The lowest BCUT2D eigenvalue weighted by Crippen LogP contribution is -2.07. The lowest BCUT2D eigenvalue weighted by molar-refractivity contribution is -0.120. The quantitative estimate of drug-likeness (QED) is 0.680. The van der Waals surface area contributed by atoms with Gasteiger partial charge in [-0.25, -0.2) is 4.39 Å². The molecule has 0 atom stereocenters. The minimum Gasteiger partial charge on any atom is -0.493 e. The fraction of sp³-hybridized carbons (Fsp3) is 0.167. The summed E-state index contributed by atoms with van der Waals surface area (Å²) in [5.74, 6) is -0.773. The highest BCUT2D eigenvalue weighted by molar-refractivity contribution is 5.94. The third-order valence-electron chi connectivity index (χ3n) is 3.67. The molecule has 0 aliphatic carbocycles. The maximum atomic E-state index is 13.2. The van der Waals surface area contributed by atoms with Gasteiger partial charge < -0.3 is 14.8 Å². The number of azo groups is 1. The maximum Gasteiger partial charge on any atom is 0.302 e. The van der Waals surface area contributed by atoms with E-state index >= 15 is 0 Å². The Morgan fingerprint density at radius 1 is 1.24 bits per heavy atom. The van der Waals surface area contributed by atoms with Gasteiger partial charge in [0, 0.05) is 5.39 Å². The number of carbonyl (C=O) groups is 1. The Morgan fingerprint density at radius 3 is 2.72 bits per heavy atom. The van der Waals surface area contributed by atoms with Crippen LogP contribution in [0, 0.1) is 5.82 Å². The zero-order chi connectivity index (χ0) is 17.8. The molecule has 7 heteroatoms. The maximum absolute atomic E-state index is 13.2. The van der Waals surface area contributed by atoms with Crippen LogP contribution in [0.3, 0.4) is 0 Å². The number of benzene rings is 2. The van der Waals surface area contributed by atoms with Gasteiger partial charge in [0.15, 0.2) is 12.3 Å². The molecule has 1 aromatic heterocycles. The van der Waals surface area contributed by atoms with E-state index in [9.17, 15) is 14.3 Å². The van der Waals surface area contributed by atoms with Crippen molar-refractivity contribution in [1.29, 1.82) is 0 Å². The van der Waals surface area contributed by atoms with Crippen LogP contribution in [0.15, 0.2) is 52.7 Å². The lowest BCUT2D eigenvalue weighted by Gasteiger charge is -2.03. The van der Waals surface area contributed by atoms with Crippen LogP contribution >= 0.6 is 0 Å². The molecule has 0 aliphatic heterocycles. The third kappa shape index (κ3) is 3.82. The van der Waals surface area contributed by atoms with E-state index in [-0.39, 0.29) is 18.2 Å². The summed E-state index contributed by atoms with van der Waals surface area (Å²) in [6, 6.07) is 11.3. The molecule has 0 fully saturated rings. The summed E-state index contributed by atoms with van der Waals surface area (Å²) >= 11 is 0. The Bertz CT molecular complexity index is 933. The first-order valence-electron chi connectivity index (χ1n) is 7.73. The van der Waals surface area contributed by atoms with E-state index in [1.165, 1.54) is 23.8 Å². The zero-order valence-electron chi connectivity index (χ0n) is 13.5. The second-order valence-electron chi connectivity index (χ2n) is 5.39. The molecule has 1 heterocycles. The number of aryl methyl sites for hydroxylation is 1. The van der Waals surface area contributed by atoms with Crippen LogP contribution in [0.2, 0.25) is 0 Å². The molecule has 3 rings (SSSR count). The van der Waals surface area contributed by atoms with Crippen molar-refractivity contribution >= 4 is 22.5 Å². The lowest BCUT2D eigenvalue weighted by atomic mass is 10.2. The fourth-order valence-electron chi connectivity index (χ4n) is 2.34. The molecular weight excluding hydrogens is 325 g/mol. The molecule has 2 aromatic carbocycles. The first kappa shape index (κ1) is 16.6. The molecule has 0 unspecified atom stereocenters. The number of aromatic amines is 1. The number of amides is 1. The highest BCUT2D eigenvalue weighted by Gasteiger charge is 2.11. The van der Waals surface area contributed by atoms with Gasteiger partial charge in [-0.15, -0.1) is 10.2 Å². The van der Waals surface area contributed by atoms with Crippen LogP contribution in [0.4, 0.5) is 10.1 Å². The number of nitrogens with one attached hydrogen (secondary N) is 1. The van der Waals surface area contributed by atoms with Crippen LogP contribution in [0.1, 0.15) is 12.5 Å². The molecule has 25 heavy (non-hydrogen) atoms. The van der Waals surface area contributed by atoms with E-state index in [0.717, 1.165) is 6.42 Å². The van der Waals surface area contributed by atoms with Crippen molar-refractivity contribution in [3.05, 3.63) is 53.8 Å². The minimum atomic E-state index is -0.601.